The van der Waals surface area contributed by atoms with Crippen molar-refractivity contribution in [1.82, 2.24) is 5.32 Å². The first kappa shape index (κ1) is 20.6. The highest BCUT2D eigenvalue weighted by molar-refractivity contribution is 6.31. The molecule has 0 spiro atoms. The summed E-state index contributed by atoms with van der Waals surface area (Å²) in [7, 11) is 1.43. The van der Waals surface area contributed by atoms with Crippen LogP contribution in [0.25, 0.3) is 0 Å². The summed E-state index contributed by atoms with van der Waals surface area (Å²) in [6.07, 6.45) is 0. The molecule has 8 heteroatoms. The van der Waals surface area contributed by atoms with Crippen LogP contribution in [0, 0.1) is 17.6 Å². The first-order valence-corrected chi connectivity index (χ1v) is 8.51. The number of hydrogen-bond acceptors (Lipinski definition) is 3. The summed E-state index contributed by atoms with van der Waals surface area (Å²) < 4.78 is 32.8. The van der Waals surface area contributed by atoms with Crippen LogP contribution in [0.15, 0.2) is 36.4 Å². The Morgan fingerprint density at radius 3 is 2.30 bits per heavy atom. The second kappa shape index (κ2) is 8.81. The first-order valence-electron chi connectivity index (χ1n) is 8.14. The van der Waals surface area contributed by atoms with E-state index in [9.17, 15) is 18.4 Å². The molecule has 1 atom stereocenters. The molecule has 2 amide bonds. The van der Waals surface area contributed by atoms with Gasteiger partial charge in [0.05, 0.1) is 12.8 Å². The van der Waals surface area contributed by atoms with Crippen molar-refractivity contribution < 1.29 is 23.1 Å². The molecule has 0 saturated carbocycles. The number of carbonyl (C=O) groups excluding carboxylic acids is 2. The Morgan fingerprint density at radius 2 is 1.74 bits per heavy atom. The lowest BCUT2D eigenvalue weighted by Crippen LogP contribution is -2.47. The van der Waals surface area contributed by atoms with Crippen LogP contribution in [0.5, 0.6) is 5.75 Å². The molecule has 5 nitrogen and oxygen atoms in total. The van der Waals surface area contributed by atoms with Gasteiger partial charge in [-0.05, 0) is 36.2 Å². The third-order valence-electron chi connectivity index (χ3n) is 3.84. The third kappa shape index (κ3) is 4.95. The fourth-order valence-corrected chi connectivity index (χ4v) is 2.62. The molecule has 0 radical (unpaired) electrons. The van der Waals surface area contributed by atoms with E-state index in [1.807, 2.05) is 0 Å². The van der Waals surface area contributed by atoms with Gasteiger partial charge in [0.2, 0.25) is 5.91 Å². The lowest BCUT2D eigenvalue weighted by atomic mass is 10.0. The van der Waals surface area contributed by atoms with Crippen LogP contribution >= 0.6 is 11.6 Å². The third-order valence-corrected chi connectivity index (χ3v) is 4.08. The number of anilines is 1. The van der Waals surface area contributed by atoms with Gasteiger partial charge in [0.25, 0.3) is 5.91 Å². The van der Waals surface area contributed by atoms with Gasteiger partial charge in [-0.2, -0.15) is 0 Å². The minimum atomic E-state index is -1.04. The van der Waals surface area contributed by atoms with Crippen LogP contribution in [0.1, 0.15) is 24.2 Å². The Bertz CT molecular complexity index is 839. The highest BCUT2D eigenvalue weighted by Gasteiger charge is 2.28. The molecule has 0 aromatic heterocycles. The zero-order valence-corrected chi connectivity index (χ0v) is 15.7. The molecule has 2 aromatic carbocycles. The summed E-state index contributed by atoms with van der Waals surface area (Å²) in [5, 5.41) is 5.38. The van der Waals surface area contributed by atoms with Gasteiger partial charge in [0, 0.05) is 5.02 Å². The van der Waals surface area contributed by atoms with E-state index >= 15 is 0 Å². The van der Waals surface area contributed by atoms with Crippen molar-refractivity contribution in [2.24, 2.45) is 5.92 Å². The van der Waals surface area contributed by atoms with Gasteiger partial charge < -0.3 is 15.4 Å². The predicted molar refractivity (Wildman–Crippen MR) is 99.1 cm³/mol. The number of rotatable bonds is 6. The molecular weight excluding hydrogens is 378 g/mol. The summed E-state index contributed by atoms with van der Waals surface area (Å²) in [4.78, 5) is 25.0. The van der Waals surface area contributed by atoms with Gasteiger partial charge >= 0.3 is 0 Å². The number of halogens is 3. The normalized spacial score (nSPS) is 11.8. The van der Waals surface area contributed by atoms with E-state index in [4.69, 9.17) is 16.3 Å². The second-order valence-corrected chi connectivity index (χ2v) is 6.56. The largest absolute Gasteiger partial charge is 0.495 e. The topological polar surface area (TPSA) is 67.4 Å². The first-order chi connectivity index (χ1) is 12.7. The molecule has 0 aliphatic carbocycles. The monoisotopic (exact) mass is 396 g/mol. The summed E-state index contributed by atoms with van der Waals surface area (Å²) in [5.74, 6) is -3.58. The van der Waals surface area contributed by atoms with Crippen LogP contribution in [0.4, 0.5) is 14.5 Å². The zero-order chi connectivity index (χ0) is 20.1. The Kier molecular flexibility index (Phi) is 6.74. The molecule has 0 saturated heterocycles. The lowest BCUT2D eigenvalue weighted by Gasteiger charge is -2.22. The van der Waals surface area contributed by atoms with Gasteiger partial charge in [-0.25, -0.2) is 8.78 Å². The van der Waals surface area contributed by atoms with Crippen molar-refractivity contribution >= 4 is 29.1 Å². The smallest absolute Gasteiger partial charge is 0.257 e. The maximum atomic E-state index is 13.8. The fraction of sp³-hybridized carbons (Fsp3) is 0.263. The van der Waals surface area contributed by atoms with Crippen LogP contribution in [0.2, 0.25) is 5.02 Å². The standard InChI is InChI=1S/C19H19ClF2N2O3/c1-10(2)17(24-18(25)16-12(21)5-4-6-13(16)22)19(26)23-14-9-11(20)7-8-15(14)27-3/h4-10,17H,1-3H3,(H,23,26)(H,24,25)/t17-/m0/s1. The van der Waals surface area contributed by atoms with E-state index in [-0.39, 0.29) is 5.92 Å². The number of methoxy groups -OCH3 is 1. The number of amides is 2. The van der Waals surface area contributed by atoms with Crippen molar-refractivity contribution in [2.75, 3.05) is 12.4 Å². The highest BCUT2D eigenvalue weighted by atomic mass is 35.5. The van der Waals surface area contributed by atoms with Gasteiger partial charge in [-0.15, -0.1) is 0 Å². The van der Waals surface area contributed by atoms with Crippen LogP contribution < -0.4 is 15.4 Å². The molecule has 0 heterocycles. The Hall–Kier alpha value is -2.67. The molecule has 27 heavy (non-hydrogen) atoms. The SMILES string of the molecule is COc1ccc(Cl)cc1NC(=O)[C@@H](NC(=O)c1c(F)cccc1F)C(C)C. The zero-order valence-electron chi connectivity index (χ0n) is 15.0. The molecular formula is C19H19ClF2N2O3. The minimum absolute atomic E-state index is 0.312. The highest BCUT2D eigenvalue weighted by Crippen LogP contribution is 2.28. The number of ether oxygens (including phenoxy) is 1. The quantitative estimate of drug-likeness (QED) is 0.775. The summed E-state index contributed by atoms with van der Waals surface area (Å²) in [6, 6.07) is 6.72. The average Bonchev–Trinajstić information content (AvgIpc) is 2.59. The summed E-state index contributed by atoms with van der Waals surface area (Å²) >= 11 is 5.94. The molecule has 0 unspecified atom stereocenters. The molecule has 2 N–H and O–H groups in total. The maximum absolute atomic E-state index is 13.8. The van der Waals surface area contributed by atoms with Gasteiger partial charge in [0.15, 0.2) is 0 Å². The molecule has 0 fully saturated rings. The van der Waals surface area contributed by atoms with Gasteiger partial charge in [0.1, 0.15) is 29.0 Å². The fourth-order valence-electron chi connectivity index (χ4n) is 2.45. The predicted octanol–water partition coefficient (Wildman–Crippen LogP) is 4.02. The van der Waals surface area contributed by atoms with Crippen molar-refractivity contribution in [3.05, 3.63) is 58.6 Å². The molecule has 2 aromatic rings. The maximum Gasteiger partial charge on any atom is 0.257 e. The molecule has 0 bridgehead atoms. The van der Waals surface area contributed by atoms with E-state index in [1.165, 1.54) is 13.2 Å². The van der Waals surface area contributed by atoms with E-state index in [2.05, 4.69) is 10.6 Å². The number of nitrogens with one attached hydrogen (secondary N) is 2. The van der Waals surface area contributed by atoms with Crippen molar-refractivity contribution in [3.8, 4) is 5.75 Å². The molecule has 0 aliphatic rings. The molecule has 0 aliphatic heterocycles. The number of carbonyl (C=O) groups is 2. The van der Waals surface area contributed by atoms with Crippen molar-refractivity contribution in [1.29, 1.82) is 0 Å². The lowest BCUT2D eigenvalue weighted by molar-refractivity contribution is -0.118. The van der Waals surface area contributed by atoms with Crippen LogP contribution in [0.3, 0.4) is 0 Å². The van der Waals surface area contributed by atoms with Gasteiger partial charge in [-0.1, -0.05) is 31.5 Å². The van der Waals surface area contributed by atoms with Crippen molar-refractivity contribution in [3.63, 3.8) is 0 Å². The van der Waals surface area contributed by atoms with Crippen LogP contribution in [-0.2, 0) is 4.79 Å². The van der Waals surface area contributed by atoms with Crippen LogP contribution in [-0.4, -0.2) is 25.0 Å². The number of benzene rings is 2. The van der Waals surface area contributed by atoms with Crippen molar-refractivity contribution in [2.45, 2.75) is 19.9 Å². The van der Waals surface area contributed by atoms with E-state index in [0.717, 1.165) is 18.2 Å². The summed E-state index contributed by atoms with van der Waals surface area (Å²) in [5.41, 5.74) is -0.428. The molecule has 2 rings (SSSR count). The van der Waals surface area contributed by atoms with Gasteiger partial charge in [-0.3, -0.25) is 9.59 Å². The Morgan fingerprint density at radius 1 is 1.11 bits per heavy atom. The number of hydrogen-bond donors (Lipinski definition) is 2. The summed E-state index contributed by atoms with van der Waals surface area (Å²) in [6.45, 7) is 3.38. The van der Waals surface area contributed by atoms with E-state index in [1.54, 1.807) is 26.0 Å². The second-order valence-electron chi connectivity index (χ2n) is 6.13. The van der Waals surface area contributed by atoms with E-state index in [0.29, 0.717) is 16.5 Å². The Labute approximate surface area is 160 Å². The molecule has 144 valence electrons. The van der Waals surface area contributed by atoms with E-state index < -0.39 is 35.1 Å². The average molecular weight is 397 g/mol. The minimum Gasteiger partial charge on any atom is -0.495 e. The Balaban J connectivity index is 2.23.